The molecule has 0 radical (unpaired) electrons. The molecule has 1 N–H and O–H groups in total. The van der Waals surface area contributed by atoms with Gasteiger partial charge in [0, 0.05) is 38.4 Å². The third-order valence-electron chi connectivity index (χ3n) is 4.73. The molecule has 144 valence electrons. The normalized spacial score (nSPS) is 15.4. The number of pyridine rings is 1. The fourth-order valence-corrected chi connectivity index (χ4v) is 4.65. The molecular formula is C20H25N3O3S. The summed E-state index contributed by atoms with van der Waals surface area (Å²) >= 11 is 0. The fraction of sp³-hybridized carbons (Fsp3) is 0.400. The standard InChI is InChI=1S/C20H25N3O3S/c24-20(22-16-18-5-4-12-21-15-18)11-8-17-6-9-19(10-7-17)27(25,26)23-13-2-1-3-14-23/h4-7,9-10,12,15H,1-3,8,11,13-14,16H2,(H,22,24). The minimum Gasteiger partial charge on any atom is -0.352 e. The minimum atomic E-state index is -3.40. The molecule has 7 heteroatoms. The monoisotopic (exact) mass is 387 g/mol. The Morgan fingerprint density at radius 1 is 1.04 bits per heavy atom. The van der Waals surface area contributed by atoms with Crippen LogP contribution < -0.4 is 5.32 Å². The number of sulfonamides is 1. The number of carbonyl (C=O) groups excluding carboxylic acids is 1. The number of nitrogens with one attached hydrogen (secondary N) is 1. The molecule has 0 saturated carbocycles. The zero-order valence-corrected chi connectivity index (χ0v) is 16.1. The summed E-state index contributed by atoms with van der Waals surface area (Å²) in [6.07, 6.45) is 7.29. The van der Waals surface area contributed by atoms with Gasteiger partial charge in [0.05, 0.1) is 4.90 Å². The highest BCUT2D eigenvalue weighted by Gasteiger charge is 2.25. The van der Waals surface area contributed by atoms with E-state index < -0.39 is 10.0 Å². The highest BCUT2D eigenvalue weighted by Crippen LogP contribution is 2.21. The maximum atomic E-state index is 12.6. The lowest BCUT2D eigenvalue weighted by Crippen LogP contribution is -2.35. The second-order valence-corrected chi connectivity index (χ2v) is 8.68. The number of aryl methyl sites for hydroxylation is 1. The molecule has 3 rings (SSSR count). The molecule has 0 aliphatic carbocycles. The van der Waals surface area contributed by atoms with Gasteiger partial charge in [0.1, 0.15) is 0 Å². The molecule has 1 aliphatic rings. The molecule has 0 atom stereocenters. The Bertz CT molecular complexity index is 846. The van der Waals surface area contributed by atoms with Crippen molar-refractivity contribution in [3.8, 4) is 0 Å². The minimum absolute atomic E-state index is 0.0381. The summed E-state index contributed by atoms with van der Waals surface area (Å²) in [5.41, 5.74) is 1.90. The Hall–Kier alpha value is -2.25. The molecule has 1 amide bonds. The second kappa shape index (κ2) is 9.10. The number of carbonyl (C=O) groups is 1. The Kier molecular flexibility index (Phi) is 6.58. The van der Waals surface area contributed by atoms with Crippen LogP contribution in [0.3, 0.4) is 0 Å². The van der Waals surface area contributed by atoms with Crippen molar-refractivity contribution < 1.29 is 13.2 Å². The first-order valence-electron chi connectivity index (χ1n) is 9.30. The molecule has 1 saturated heterocycles. The molecule has 0 bridgehead atoms. The molecule has 27 heavy (non-hydrogen) atoms. The summed E-state index contributed by atoms with van der Waals surface area (Å²) in [4.78, 5) is 16.3. The van der Waals surface area contributed by atoms with E-state index in [1.165, 1.54) is 0 Å². The topological polar surface area (TPSA) is 79.4 Å². The quantitative estimate of drug-likeness (QED) is 0.792. The number of hydrogen-bond acceptors (Lipinski definition) is 4. The molecule has 1 aromatic carbocycles. The van der Waals surface area contributed by atoms with Gasteiger partial charge >= 0.3 is 0 Å². The van der Waals surface area contributed by atoms with E-state index in [4.69, 9.17) is 0 Å². The number of piperidine rings is 1. The highest BCUT2D eigenvalue weighted by atomic mass is 32.2. The van der Waals surface area contributed by atoms with Crippen molar-refractivity contribution in [2.24, 2.45) is 0 Å². The van der Waals surface area contributed by atoms with E-state index in [2.05, 4.69) is 10.3 Å². The molecule has 2 aromatic rings. The van der Waals surface area contributed by atoms with Crippen LogP contribution in [0.2, 0.25) is 0 Å². The summed E-state index contributed by atoms with van der Waals surface area (Å²) in [5.74, 6) is -0.0381. The van der Waals surface area contributed by atoms with Crippen LogP contribution in [-0.2, 0) is 27.8 Å². The van der Waals surface area contributed by atoms with Crippen molar-refractivity contribution in [2.45, 2.75) is 43.5 Å². The first kappa shape index (κ1) is 19.5. The first-order chi connectivity index (χ1) is 13.1. The van der Waals surface area contributed by atoms with E-state index in [0.29, 0.717) is 37.4 Å². The Morgan fingerprint density at radius 3 is 2.44 bits per heavy atom. The van der Waals surface area contributed by atoms with Crippen molar-refractivity contribution in [3.05, 3.63) is 59.9 Å². The first-order valence-corrected chi connectivity index (χ1v) is 10.7. The molecule has 2 heterocycles. The van der Waals surface area contributed by atoms with Gasteiger partial charge in [-0.1, -0.05) is 24.6 Å². The smallest absolute Gasteiger partial charge is 0.243 e. The second-order valence-electron chi connectivity index (χ2n) is 6.75. The lowest BCUT2D eigenvalue weighted by molar-refractivity contribution is -0.121. The van der Waals surface area contributed by atoms with Gasteiger partial charge in [0.25, 0.3) is 0 Å². The Morgan fingerprint density at radius 2 is 1.78 bits per heavy atom. The van der Waals surface area contributed by atoms with Crippen LogP contribution in [0.15, 0.2) is 53.7 Å². The van der Waals surface area contributed by atoms with Crippen molar-refractivity contribution in [2.75, 3.05) is 13.1 Å². The molecule has 1 aliphatic heterocycles. The van der Waals surface area contributed by atoms with Crippen molar-refractivity contribution >= 4 is 15.9 Å². The maximum Gasteiger partial charge on any atom is 0.243 e. The molecule has 1 fully saturated rings. The lowest BCUT2D eigenvalue weighted by Gasteiger charge is -2.25. The SMILES string of the molecule is O=C(CCc1ccc(S(=O)(=O)N2CCCCC2)cc1)NCc1cccnc1. The van der Waals surface area contributed by atoms with E-state index in [-0.39, 0.29) is 5.91 Å². The summed E-state index contributed by atoms with van der Waals surface area (Å²) in [7, 11) is -3.40. The van der Waals surface area contributed by atoms with Gasteiger partial charge in [-0.25, -0.2) is 8.42 Å². The zero-order valence-electron chi connectivity index (χ0n) is 15.3. The van der Waals surface area contributed by atoms with Crippen LogP contribution in [0.5, 0.6) is 0 Å². The Balaban J connectivity index is 1.50. The van der Waals surface area contributed by atoms with Crippen LogP contribution in [-0.4, -0.2) is 36.7 Å². The number of amides is 1. The van der Waals surface area contributed by atoms with Crippen LogP contribution in [0.1, 0.15) is 36.8 Å². The van der Waals surface area contributed by atoms with Crippen molar-refractivity contribution in [3.63, 3.8) is 0 Å². The Labute approximate surface area is 160 Å². The molecular weight excluding hydrogens is 362 g/mol. The van der Waals surface area contributed by atoms with Gasteiger partial charge in [-0.15, -0.1) is 0 Å². The summed E-state index contributed by atoms with van der Waals surface area (Å²) < 4.78 is 26.8. The average molecular weight is 388 g/mol. The van der Waals surface area contributed by atoms with Gasteiger partial charge in [0.2, 0.25) is 15.9 Å². The maximum absolute atomic E-state index is 12.6. The molecule has 6 nitrogen and oxygen atoms in total. The van der Waals surface area contributed by atoms with Crippen LogP contribution in [0.25, 0.3) is 0 Å². The van der Waals surface area contributed by atoms with Crippen LogP contribution in [0.4, 0.5) is 0 Å². The summed E-state index contributed by atoms with van der Waals surface area (Å²) in [6.45, 7) is 1.65. The van der Waals surface area contributed by atoms with E-state index >= 15 is 0 Å². The third-order valence-corrected chi connectivity index (χ3v) is 6.64. The van der Waals surface area contributed by atoms with E-state index in [9.17, 15) is 13.2 Å². The van der Waals surface area contributed by atoms with Gasteiger partial charge < -0.3 is 5.32 Å². The summed E-state index contributed by atoms with van der Waals surface area (Å²) in [5, 5.41) is 2.87. The van der Waals surface area contributed by atoms with Crippen LogP contribution >= 0.6 is 0 Å². The van der Waals surface area contributed by atoms with E-state index in [0.717, 1.165) is 30.4 Å². The largest absolute Gasteiger partial charge is 0.352 e. The predicted molar refractivity (Wildman–Crippen MR) is 103 cm³/mol. The molecule has 0 unspecified atom stereocenters. The van der Waals surface area contributed by atoms with Gasteiger partial charge in [-0.2, -0.15) is 4.31 Å². The van der Waals surface area contributed by atoms with Gasteiger partial charge in [-0.05, 0) is 48.6 Å². The molecule has 1 aromatic heterocycles. The number of benzene rings is 1. The van der Waals surface area contributed by atoms with E-state index in [1.807, 2.05) is 12.1 Å². The van der Waals surface area contributed by atoms with E-state index in [1.54, 1.807) is 41.0 Å². The van der Waals surface area contributed by atoms with Crippen molar-refractivity contribution in [1.82, 2.24) is 14.6 Å². The van der Waals surface area contributed by atoms with Gasteiger partial charge in [-0.3, -0.25) is 9.78 Å². The average Bonchev–Trinajstić information content (AvgIpc) is 2.72. The lowest BCUT2D eigenvalue weighted by atomic mass is 10.1. The van der Waals surface area contributed by atoms with Crippen molar-refractivity contribution in [1.29, 1.82) is 0 Å². The number of aromatic nitrogens is 1. The number of rotatable bonds is 7. The molecule has 0 spiro atoms. The summed E-state index contributed by atoms with van der Waals surface area (Å²) in [6, 6.07) is 10.6. The predicted octanol–water partition coefficient (Wildman–Crippen LogP) is 2.51. The highest BCUT2D eigenvalue weighted by molar-refractivity contribution is 7.89. The fourth-order valence-electron chi connectivity index (χ4n) is 3.13. The van der Waals surface area contributed by atoms with Crippen LogP contribution in [0, 0.1) is 0 Å². The number of nitrogens with zero attached hydrogens (tertiary/aromatic N) is 2. The zero-order chi connectivity index (χ0) is 19.1. The number of hydrogen-bond donors (Lipinski definition) is 1. The third kappa shape index (κ3) is 5.37. The van der Waals surface area contributed by atoms with Gasteiger partial charge in [0.15, 0.2) is 0 Å².